The number of piperazine rings is 1. The van der Waals surface area contributed by atoms with Crippen molar-refractivity contribution < 1.29 is 4.79 Å². The van der Waals surface area contributed by atoms with E-state index in [0.717, 1.165) is 44.9 Å². The molecule has 0 spiro atoms. The Bertz CT molecular complexity index is 817. The molecule has 0 atom stereocenters. The highest BCUT2D eigenvalue weighted by Gasteiger charge is 2.31. The number of anilines is 1. The molecule has 0 bridgehead atoms. The summed E-state index contributed by atoms with van der Waals surface area (Å²) in [5.41, 5.74) is 3.57. The van der Waals surface area contributed by atoms with Crippen molar-refractivity contribution in [2.24, 2.45) is 10.5 Å². The predicted octanol–water partition coefficient (Wildman–Crippen LogP) is 5.14. The zero-order valence-electron chi connectivity index (χ0n) is 21.0. The second-order valence-electron chi connectivity index (χ2n) is 9.06. The number of hydrazone groups is 1. The number of hydrogen-bond acceptors (Lipinski definition) is 4. The highest BCUT2D eigenvalue weighted by atomic mass is 16.2. The lowest BCUT2D eigenvalue weighted by Gasteiger charge is -2.40. The second-order valence-corrected chi connectivity index (χ2v) is 9.06. The van der Waals surface area contributed by atoms with E-state index in [-0.39, 0.29) is 11.3 Å². The van der Waals surface area contributed by atoms with Gasteiger partial charge in [0.15, 0.2) is 0 Å². The van der Waals surface area contributed by atoms with E-state index in [4.69, 9.17) is 0 Å². The molecule has 2 heterocycles. The van der Waals surface area contributed by atoms with Gasteiger partial charge in [0.2, 0.25) is 5.91 Å². The molecule has 1 aromatic rings. The summed E-state index contributed by atoms with van der Waals surface area (Å²) in [5, 5.41) is 6.21. The van der Waals surface area contributed by atoms with Crippen molar-refractivity contribution in [3.05, 3.63) is 54.1 Å². The Balaban J connectivity index is 0.00000176. The molecule has 0 saturated carbocycles. The van der Waals surface area contributed by atoms with E-state index in [1.807, 2.05) is 45.1 Å². The minimum atomic E-state index is -0.00799. The molecule has 0 radical (unpaired) electrons. The number of nitrogens with zero attached hydrogens (tertiary/aromatic N) is 4. The van der Waals surface area contributed by atoms with Crippen LogP contribution in [0.3, 0.4) is 0 Å². The zero-order chi connectivity index (χ0) is 23.6. The molecule has 5 nitrogen and oxygen atoms in total. The molecule has 0 unspecified atom stereocenters. The number of aryl methyl sites for hydroxylation is 1. The maximum absolute atomic E-state index is 12.4. The van der Waals surface area contributed by atoms with Gasteiger partial charge in [0, 0.05) is 38.4 Å². The highest BCUT2D eigenvalue weighted by Crippen LogP contribution is 2.24. The molecule has 2 aliphatic rings. The standard InChI is InChI=1S/C25H36N4O.C2H6/c1-5-7-8-11-22-18-24(30)29(26-22)20-25(3,4)19-27-13-15-28(16-14-27)23-12-9-10-21(6-2)17-23;1-2/h5,7-12,17H,6,13-16,18-20H2,1-4H3;1-2H3/b7-5-,11-8-;. The third-order valence-corrected chi connectivity index (χ3v) is 5.75. The van der Waals surface area contributed by atoms with Crippen molar-refractivity contribution in [3.8, 4) is 0 Å². The largest absolute Gasteiger partial charge is 0.369 e. The Morgan fingerprint density at radius 3 is 2.44 bits per heavy atom. The van der Waals surface area contributed by atoms with Crippen LogP contribution in [0.5, 0.6) is 0 Å². The lowest BCUT2D eigenvalue weighted by molar-refractivity contribution is -0.130. The molecule has 1 saturated heterocycles. The number of hydrogen-bond donors (Lipinski definition) is 0. The quantitative estimate of drug-likeness (QED) is 0.527. The number of amides is 1. The molecule has 2 aliphatic heterocycles. The van der Waals surface area contributed by atoms with Crippen LogP contribution in [-0.2, 0) is 11.2 Å². The number of allylic oxidation sites excluding steroid dienone is 4. The normalized spacial score (nSPS) is 17.8. The third-order valence-electron chi connectivity index (χ3n) is 5.75. The van der Waals surface area contributed by atoms with Gasteiger partial charge in [0.1, 0.15) is 0 Å². The monoisotopic (exact) mass is 438 g/mol. The Hall–Kier alpha value is -2.40. The van der Waals surface area contributed by atoms with Crippen molar-refractivity contribution in [1.82, 2.24) is 9.91 Å². The van der Waals surface area contributed by atoms with Gasteiger partial charge >= 0.3 is 0 Å². The van der Waals surface area contributed by atoms with E-state index in [1.54, 1.807) is 5.01 Å². The molecule has 3 rings (SSSR count). The number of rotatable bonds is 8. The average Bonchev–Trinajstić information content (AvgIpc) is 3.13. The van der Waals surface area contributed by atoms with Crippen LogP contribution >= 0.6 is 0 Å². The lowest BCUT2D eigenvalue weighted by Crippen LogP contribution is -2.50. The van der Waals surface area contributed by atoms with E-state index < -0.39 is 0 Å². The molecular formula is C27H42N4O. The summed E-state index contributed by atoms with van der Waals surface area (Å²) in [6, 6.07) is 8.91. The Labute approximate surface area is 195 Å². The zero-order valence-corrected chi connectivity index (χ0v) is 21.0. The van der Waals surface area contributed by atoms with Crippen LogP contribution in [0, 0.1) is 5.41 Å². The fraction of sp³-hybridized carbons (Fsp3) is 0.556. The van der Waals surface area contributed by atoms with Crippen molar-refractivity contribution in [3.63, 3.8) is 0 Å². The van der Waals surface area contributed by atoms with Gasteiger partial charge in [-0.3, -0.25) is 9.69 Å². The van der Waals surface area contributed by atoms with Crippen LogP contribution in [0.25, 0.3) is 0 Å². The van der Waals surface area contributed by atoms with E-state index >= 15 is 0 Å². The molecular weight excluding hydrogens is 396 g/mol. The molecule has 1 aromatic carbocycles. The molecule has 1 fully saturated rings. The summed E-state index contributed by atoms with van der Waals surface area (Å²) in [4.78, 5) is 17.4. The fourth-order valence-electron chi connectivity index (χ4n) is 4.18. The van der Waals surface area contributed by atoms with Gasteiger partial charge in [-0.1, -0.05) is 65.0 Å². The first-order valence-corrected chi connectivity index (χ1v) is 12.1. The first kappa shape index (κ1) is 25.9. The molecule has 0 aromatic heterocycles. The SMILES string of the molecule is C/C=C\C=C/C1=NN(CC(C)(C)CN2CCN(c3cccc(CC)c3)CC2)C(=O)C1.CC. The Morgan fingerprint density at radius 1 is 1.06 bits per heavy atom. The second kappa shape index (κ2) is 12.6. The van der Waals surface area contributed by atoms with E-state index in [0.29, 0.717) is 13.0 Å². The fourth-order valence-corrected chi connectivity index (χ4v) is 4.18. The summed E-state index contributed by atoms with van der Waals surface area (Å²) >= 11 is 0. The van der Waals surface area contributed by atoms with Crippen LogP contribution in [0.2, 0.25) is 0 Å². The van der Waals surface area contributed by atoms with Gasteiger partial charge in [0.05, 0.1) is 18.7 Å². The molecule has 5 heteroatoms. The smallest absolute Gasteiger partial charge is 0.248 e. The first-order chi connectivity index (χ1) is 15.4. The van der Waals surface area contributed by atoms with Gasteiger partial charge < -0.3 is 4.90 Å². The van der Waals surface area contributed by atoms with Crippen molar-refractivity contribution in [2.45, 2.75) is 54.4 Å². The molecule has 1 amide bonds. The van der Waals surface area contributed by atoms with Crippen LogP contribution in [0.1, 0.15) is 53.5 Å². The third kappa shape index (κ3) is 7.63. The van der Waals surface area contributed by atoms with Gasteiger partial charge in [0.25, 0.3) is 0 Å². The summed E-state index contributed by atoms with van der Waals surface area (Å²) in [5.74, 6) is 0.101. The first-order valence-electron chi connectivity index (χ1n) is 12.1. The molecule has 176 valence electrons. The summed E-state index contributed by atoms with van der Waals surface area (Å²) < 4.78 is 0. The Morgan fingerprint density at radius 2 is 1.78 bits per heavy atom. The predicted molar refractivity (Wildman–Crippen MR) is 137 cm³/mol. The number of benzene rings is 1. The van der Waals surface area contributed by atoms with Crippen molar-refractivity contribution >= 4 is 17.3 Å². The van der Waals surface area contributed by atoms with Crippen LogP contribution < -0.4 is 4.90 Å². The van der Waals surface area contributed by atoms with Crippen LogP contribution in [0.4, 0.5) is 5.69 Å². The van der Waals surface area contributed by atoms with Gasteiger partial charge in [-0.2, -0.15) is 5.10 Å². The van der Waals surface area contributed by atoms with Crippen LogP contribution in [0.15, 0.2) is 53.7 Å². The van der Waals surface area contributed by atoms with E-state index in [1.165, 1.54) is 11.3 Å². The van der Waals surface area contributed by atoms with Gasteiger partial charge in [-0.05, 0) is 42.5 Å². The number of carbonyl (C=O) groups excluding carboxylic acids is 1. The summed E-state index contributed by atoms with van der Waals surface area (Å²) in [6.07, 6.45) is 9.27. The average molecular weight is 439 g/mol. The van der Waals surface area contributed by atoms with Crippen molar-refractivity contribution in [2.75, 3.05) is 44.2 Å². The molecule has 0 N–H and O–H groups in total. The minimum Gasteiger partial charge on any atom is -0.369 e. The maximum Gasteiger partial charge on any atom is 0.248 e. The lowest BCUT2D eigenvalue weighted by atomic mass is 9.92. The maximum atomic E-state index is 12.4. The van der Waals surface area contributed by atoms with E-state index in [2.05, 4.69) is 59.9 Å². The van der Waals surface area contributed by atoms with Crippen molar-refractivity contribution in [1.29, 1.82) is 0 Å². The van der Waals surface area contributed by atoms with Gasteiger partial charge in [-0.25, -0.2) is 5.01 Å². The van der Waals surface area contributed by atoms with Gasteiger partial charge in [-0.15, -0.1) is 0 Å². The summed E-state index contributed by atoms with van der Waals surface area (Å²) in [6.45, 7) is 18.5. The topological polar surface area (TPSA) is 39.1 Å². The molecule has 32 heavy (non-hydrogen) atoms. The minimum absolute atomic E-state index is 0.00799. The highest BCUT2D eigenvalue weighted by molar-refractivity contribution is 6.10. The van der Waals surface area contributed by atoms with E-state index in [9.17, 15) is 4.79 Å². The number of carbonyl (C=O) groups is 1. The molecule has 0 aliphatic carbocycles. The van der Waals surface area contributed by atoms with Crippen LogP contribution in [-0.4, -0.2) is 60.8 Å². The summed E-state index contributed by atoms with van der Waals surface area (Å²) in [7, 11) is 0. The Kier molecular flexibility index (Phi) is 10.2.